The SMILES string of the molecule is CN(C)c1nc(N)nc(Oc2ccccc2CO)n1. The molecule has 0 bridgehead atoms. The average molecular weight is 261 g/mol. The van der Waals surface area contributed by atoms with Crippen LogP contribution < -0.4 is 15.4 Å². The van der Waals surface area contributed by atoms with Gasteiger partial charge in [-0.05, 0) is 6.07 Å². The van der Waals surface area contributed by atoms with Crippen LogP contribution in [0.2, 0.25) is 0 Å². The number of ether oxygens (including phenoxy) is 1. The number of nitrogens with zero attached hydrogens (tertiary/aromatic N) is 4. The molecule has 1 aromatic carbocycles. The van der Waals surface area contributed by atoms with E-state index in [1.54, 1.807) is 37.2 Å². The van der Waals surface area contributed by atoms with E-state index in [1.165, 1.54) is 0 Å². The quantitative estimate of drug-likeness (QED) is 0.840. The summed E-state index contributed by atoms with van der Waals surface area (Å²) in [5, 5.41) is 9.23. The predicted molar refractivity (Wildman–Crippen MR) is 71.0 cm³/mol. The van der Waals surface area contributed by atoms with Gasteiger partial charge in [0.2, 0.25) is 11.9 Å². The topological polar surface area (TPSA) is 97.4 Å². The van der Waals surface area contributed by atoms with Crippen LogP contribution in [0.1, 0.15) is 5.56 Å². The Balaban J connectivity index is 2.32. The molecule has 0 spiro atoms. The largest absolute Gasteiger partial charge is 0.424 e. The lowest BCUT2D eigenvalue weighted by Gasteiger charge is -2.12. The number of para-hydroxylation sites is 1. The smallest absolute Gasteiger partial charge is 0.328 e. The number of hydrogen-bond donors (Lipinski definition) is 2. The lowest BCUT2D eigenvalue weighted by Crippen LogP contribution is -2.15. The van der Waals surface area contributed by atoms with Crippen LogP contribution in [0.3, 0.4) is 0 Å². The van der Waals surface area contributed by atoms with Gasteiger partial charge in [-0.15, -0.1) is 0 Å². The molecule has 1 heterocycles. The van der Waals surface area contributed by atoms with Gasteiger partial charge >= 0.3 is 6.01 Å². The first-order chi connectivity index (χ1) is 9.10. The number of rotatable bonds is 4. The van der Waals surface area contributed by atoms with Crippen LogP contribution in [-0.4, -0.2) is 34.2 Å². The minimum atomic E-state index is -0.128. The molecule has 0 fully saturated rings. The normalized spacial score (nSPS) is 10.3. The first-order valence-corrected chi connectivity index (χ1v) is 5.65. The van der Waals surface area contributed by atoms with Gasteiger partial charge in [0.25, 0.3) is 0 Å². The molecule has 0 saturated heterocycles. The van der Waals surface area contributed by atoms with Crippen molar-refractivity contribution in [2.75, 3.05) is 24.7 Å². The highest BCUT2D eigenvalue weighted by Gasteiger charge is 2.10. The zero-order valence-electron chi connectivity index (χ0n) is 10.7. The molecule has 0 unspecified atom stereocenters. The maximum absolute atomic E-state index is 9.23. The van der Waals surface area contributed by atoms with Gasteiger partial charge in [-0.1, -0.05) is 18.2 Å². The summed E-state index contributed by atoms with van der Waals surface area (Å²) in [6.45, 7) is -0.128. The van der Waals surface area contributed by atoms with Crippen molar-refractivity contribution in [3.05, 3.63) is 29.8 Å². The molecule has 7 heteroatoms. The third-order valence-electron chi connectivity index (χ3n) is 2.36. The lowest BCUT2D eigenvalue weighted by molar-refractivity contribution is 0.275. The number of nitrogens with two attached hydrogens (primary N) is 1. The highest BCUT2D eigenvalue weighted by Crippen LogP contribution is 2.23. The third kappa shape index (κ3) is 3.08. The van der Waals surface area contributed by atoms with Crippen LogP contribution in [0.15, 0.2) is 24.3 Å². The van der Waals surface area contributed by atoms with Crippen LogP contribution in [0, 0.1) is 0 Å². The fraction of sp³-hybridized carbons (Fsp3) is 0.250. The first-order valence-electron chi connectivity index (χ1n) is 5.65. The Bertz CT molecular complexity index is 574. The molecule has 7 nitrogen and oxygen atoms in total. The molecule has 1 aromatic heterocycles. The van der Waals surface area contributed by atoms with E-state index in [0.717, 1.165) is 0 Å². The zero-order chi connectivity index (χ0) is 13.8. The van der Waals surface area contributed by atoms with E-state index in [-0.39, 0.29) is 18.6 Å². The van der Waals surface area contributed by atoms with Gasteiger partial charge in [0, 0.05) is 19.7 Å². The van der Waals surface area contributed by atoms with Crippen molar-refractivity contribution in [1.82, 2.24) is 15.0 Å². The Morgan fingerprint density at radius 1 is 1.21 bits per heavy atom. The summed E-state index contributed by atoms with van der Waals surface area (Å²) < 4.78 is 5.54. The van der Waals surface area contributed by atoms with E-state index in [1.807, 2.05) is 6.07 Å². The van der Waals surface area contributed by atoms with Gasteiger partial charge in [0.15, 0.2) is 0 Å². The minimum Gasteiger partial charge on any atom is -0.424 e. The second kappa shape index (κ2) is 5.49. The Hall–Kier alpha value is -2.41. The fourth-order valence-electron chi connectivity index (χ4n) is 1.44. The first kappa shape index (κ1) is 13.0. The van der Waals surface area contributed by atoms with Crippen molar-refractivity contribution in [1.29, 1.82) is 0 Å². The maximum atomic E-state index is 9.23. The molecular formula is C12H15N5O2. The minimum absolute atomic E-state index is 0.0789. The molecule has 2 rings (SSSR count). The number of hydrogen-bond acceptors (Lipinski definition) is 7. The van der Waals surface area contributed by atoms with Crippen LogP contribution in [-0.2, 0) is 6.61 Å². The Morgan fingerprint density at radius 2 is 1.95 bits per heavy atom. The molecule has 100 valence electrons. The van der Waals surface area contributed by atoms with Gasteiger partial charge in [0.1, 0.15) is 5.75 Å². The summed E-state index contributed by atoms with van der Waals surface area (Å²) in [6, 6.07) is 7.18. The van der Waals surface area contributed by atoms with E-state index in [9.17, 15) is 5.11 Å². The van der Waals surface area contributed by atoms with Gasteiger partial charge in [0.05, 0.1) is 6.61 Å². The van der Waals surface area contributed by atoms with Gasteiger partial charge in [-0.2, -0.15) is 15.0 Å². The van der Waals surface area contributed by atoms with Crippen LogP contribution in [0.4, 0.5) is 11.9 Å². The molecule has 0 amide bonds. The number of aliphatic hydroxyl groups is 1. The number of nitrogen functional groups attached to an aromatic ring is 1. The highest BCUT2D eigenvalue weighted by atomic mass is 16.5. The molecule has 0 aliphatic heterocycles. The fourth-order valence-corrected chi connectivity index (χ4v) is 1.44. The van der Waals surface area contributed by atoms with E-state index >= 15 is 0 Å². The Labute approximate surface area is 110 Å². The molecule has 3 N–H and O–H groups in total. The van der Waals surface area contributed by atoms with Crippen molar-refractivity contribution >= 4 is 11.9 Å². The third-order valence-corrected chi connectivity index (χ3v) is 2.36. The second-order valence-corrected chi connectivity index (χ2v) is 4.04. The molecular weight excluding hydrogens is 246 g/mol. The van der Waals surface area contributed by atoms with Crippen molar-refractivity contribution < 1.29 is 9.84 Å². The summed E-state index contributed by atoms with van der Waals surface area (Å²) in [5.41, 5.74) is 6.25. The van der Waals surface area contributed by atoms with Crippen molar-refractivity contribution in [2.45, 2.75) is 6.61 Å². The van der Waals surface area contributed by atoms with Crippen LogP contribution in [0.5, 0.6) is 11.8 Å². The summed E-state index contributed by atoms with van der Waals surface area (Å²) >= 11 is 0. The average Bonchev–Trinajstić information content (AvgIpc) is 2.38. The zero-order valence-corrected chi connectivity index (χ0v) is 10.7. The van der Waals surface area contributed by atoms with E-state index in [0.29, 0.717) is 17.3 Å². The molecule has 0 atom stereocenters. The highest BCUT2D eigenvalue weighted by molar-refractivity contribution is 5.38. The van der Waals surface area contributed by atoms with Gasteiger partial charge in [-0.25, -0.2) is 0 Å². The van der Waals surface area contributed by atoms with Crippen molar-refractivity contribution in [2.24, 2.45) is 0 Å². The number of aliphatic hydroxyl groups excluding tert-OH is 1. The van der Waals surface area contributed by atoms with Gasteiger partial charge in [-0.3, -0.25) is 0 Å². The summed E-state index contributed by atoms with van der Waals surface area (Å²) in [7, 11) is 3.58. The summed E-state index contributed by atoms with van der Waals surface area (Å²) in [5.74, 6) is 0.972. The summed E-state index contributed by atoms with van der Waals surface area (Å²) in [4.78, 5) is 13.7. The standard InChI is InChI=1S/C12H15N5O2/c1-17(2)11-14-10(13)15-12(16-11)19-9-6-4-3-5-8(9)7-18/h3-6,18H,7H2,1-2H3,(H2,13,14,15,16). The maximum Gasteiger partial charge on any atom is 0.328 e. The predicted octanol–water partition coefficient (Wildman–Crippen LogP) is 0.804. The molecule has 0 aliphatic rings. The van der Waals surface area contributed by atoms with E-state index in [4.69, 9.17) is 10.5 Å². The lowest BCUT2D eigenvalue weighted by atomic mass is 10.2. The number of anilines is 2. The molecule has 2 aromatic rings. The molecule has 0 radical (unpaired) electrons. The second-order valence-electron chi connectivity index (χ2n) is 4.04. The number of benzene rings is 1. The van der Waals surface area contributed by atoms with Crippen LogP contribution >= 0.6 is 0 Å². The van der Waals surface area contributed by atoms with Gasteiger partial charge < -0.3 is 20.5 Å². The number of aromatic nitrogens is 3. The monoisotopic (exact) mass is 261 g/mol. The van der Waals surface area contributed by atoms with E-state index < -0.39 is 0 Å². The molecule has 19 heavy (non-hydrogen) atoms. The Morgan fingerprint density at radius 3 is 2.63 bits per heavy atom. The molecule has 0 aliphatic carbocycles. The Kier molecular flexibility index (Phi) is 3.76. The van der Waals surface area contributed by atoms with Crippen LogP contribution in [0.25, 0.3) is 0 Å². The van der Waals surface area contributed by atoms with E-state index in [2.05, 4.69) is 15.0 Å². The summed E-state index contributed by atoms with van der Waals surface area (Å²) in [6.07, 6.45) is 0. The van der Waals surface area contributed by atoms with Crippen molar-refractivity contribution in [3.63, 3.8) is 0 Å². The molecule has 0 saturated carbocycles. The van der Waals surface area contributed by atoms with Crippen molar-refractivity contribution in [3.8, 4) is 11.8 Å².